The van der Waals surface area contributed by atoms with E-state index in [0.717, 1.165) is 31.6 Å². The Labute approximate surface area is 129 Å². The number of nitrogens with zero attached hydrogens (tertiary/aromatic N) is 1. The Kier molecular flexibility index (Phi) is 4.23. The second-order valence-corrected chi connectivity index (χ2v) is 5.52. The van der Waals surface area contributed by atoms with Gasteiger partial charge in [-0.2, -0.15) is 0 Å². The first-order chi connectivity index (χ1) is 10.7. The lowest BCUT2D eigenvalue weighted by Gasteiger charge is -2.33. The summed E-state index contributed by atoms with van der Waals surface area (Å²) in [6.07, 6.45) is 3.33. The molecule has 22 heavy (non-hydrogen) atoms. The third-order valence-corrected chi connectivity index (χ3v) is 3.96. The maximum atomic E-state index is 12.4. The van der Waals surface area contributed by atoms with Gasteiger partial charge in [-0.3, -0.25) is 9.59 Å². The molecule has 2 aromatic rings. The summed E-state index contributed by atoms with van der Waals surface area (Å²) >= 11 is 0. The highest BCUT2D eigenvalue weighted by molar-refractivity contribution is 5.93. The number of benzene rings is 1. The first-order valence-corrected chi connectivity index (χ1v) is 7.52. The Bertz CT molecular complexity index is 668. The van der Waals surface area contributed by atoms with E-state index < -0.39 is 0 Å². The highest BCUT2D eigenvalue weighted by Gasteiger charge is 2.23. The van der Waals surface area contributed by atoms with Crippen molar-refractivity contribution < 1.29 is 4.79 Å². The number of carbonyl (C=O) groups is 1. The number of pyridine rings is 1. The quantitative estimate of drug-likeness (QED) is 0.911. The SMILES string of the molecule is O=C(c1ccc(=O)[nH]c1)N1CCC(Nc2ccccc2)CC1. The van der Waals surface area contributed by atoms with Gasteiger partial charge in [-0.15, -0.1) is 0 Å². The number of carbonyl (C=O) groups excluding carboxylic acids is 1. The van der Waals surface area contributed by atoms with E-state index in [0.29, 0.717) is 11.6 Å². The minimum Gasteiger partial charge on any atom is -0.382 e. The number of anilines is 1. The number of aromatic amines is 1. The maximum Gasteiger partial charge on any atom is 0.255 e. The van der Waals surface area contributed by atoms with Gasteiger partial charge in [-0.25, -0.2) is 0 Å². The summed E-state index contributed by atoms with van der Waals surface area (Å²) in [6, 6.07) is 13.5. The molecule has 1 aliphatic rings. The van der Waals surface area contributed by atoms with Crippen LogP contribution in [0.4, 0.5) is 5.69 Å². The predicted octanol–water partition coefficient (Wildman–Crippen LogP) is 2.09. The molecule has 0 unspecified atom stereocenters. The van der Waals surface area contributed by atoms with Crippen LogP contribution >= 0.6 is 0 Å². The third-order valence-electron chi connectivity index (χ3n) is 3.96. The van der Waals surface area contributed by atoms with Crippen molar-refractivity contribution in [3.05, 3.63) is 64.6 Å². The van der Waals surface area contributed by atoms with Crippen LogP contribution in [-0.2, 0) is 0 Å². The summed E-state index contributed by atoms with van der Waals surface area (Å²) in [7, 11) is 0. The van der Waals surface area contributed by atoms with Crippen LogP contribution in [0.5, 0.6) is 0 Å². The molecule has 1 aromatic heterocycles. The van der Waals surface area contributed by atoms with E-state index in [9.17, 15) is 9.59 Å². The zero-order chi connectivity index (χ0) is 15.4. The molecule has 1 aliphatic heterocycles. The van der Waals surface area contributed by atoms with E-state index in [2.05, 4.69) is 22.4 Å². The van der Waals surface area contributed by atoms with Crippen molar-refractivity contribution in [2.75, 3.05) is 18.4 Å². The fourth-order valence-electron chi connectivity index (χ4n) is 2.72. The molecule has 114 valence electrons. The van der Waals surface area contributed by atoms with E-state index in [1.54, 1.807) is 6.07 Å². The summed E-state index contributed by atoms with van der Waals surface area (Å²) < 4.78 is 0. The molecule has 1 saturated heterocycles. The Morgan fingerprint density at radius 1 is 1.09 bits per heavy atom. The number of hydrogen-bond acceptors (Lipinski definition) is 3. The van der Waals surface area contributed by atoms with E-state index in [4.69, 9.17) is 0 Å². The molecule has 0 saturated carbocycles. The van der Waals surface area contributed by atoms with Crippen LogP contribution in [-0.4, -0.2) is 34.9 Å². The summed E-state index contributed by atoms with van der Waals surface area (Å²) in [5.41, 5.74) is 1.46. The molecule has 1 fully saturated rings. The summed E-state index contributed by atoms with van der Waals surface area (Å²) in [5, 5.41) is 3.50. The Morgan fingerprint density at radius 2 is 1.82 bits per heavy atom. The molecule has 5 heteroatoms. The molecule has 0 aliphatic carbocycles. The minimum atomic E-state index is -0.192. The zero-order valence-electron chi connectivity index (χ0n) is 12.3. The van der Waals surface area contributed by atoms with Crippen molar-refractivity contribution in [3.63, 3.8) is 0 Å². The number of likely N-dealkylation sites (tertiary alicyclic amines) is 1. The number of para-hydroxylation sites is 1. The zero-order valence-corrected chi connectivity index (χ0v) is 12.3. The summed E-state index contributed by atoms with van der Waals surface area (Å²) in [5.74, 6) is -0.0191. The molecule has 3 rings (SSSR count). The Morgan fingerprint density at radius 3 is 2.45 bits per heavy atom. The van der Waals surface area contributed by atoms with Crippen molar-refractivity contribution in [2.24, 2.45) is 0 Å². The van der Waals surface area contributed by atoms with E-state index >= 15 is 0 Å². The molecule has 1 aromatic carbocycles. The first-order valence-electron chi connectivity index (χ1n) is 7.52. The molecular weight excluding hydrogens is 278 g/mol. The highest BCUT2D eigenvalue weighted by Crippen LogP contribution is 2.17. The topological polar surface area (TPSA) is 65.2 Å². The van der Waals surface area contributed by atoms with Gasteiger partial charge in [-0.05, 0) is 31.0 Å². The molecule has 0 bridgehead atoms. The number of hydrogen-bond donors (Lipinski definition) is 2. The lowest BCUT2D eigenvalue weighted by atomic mass is 10.0. The van der Waals surface area contributed by atoms with Crippen LogP contribution < -0.4 is 10.9 Å². The molecule has 5 nitrogen and oxygen atoms in total. The average molecular weight is 297 g/mol. The summed E-state index contributed by atoms with van der Waals surface area (Å²) in [6.45, 7) is 1.45. The number of piperidine rings is 1. The molecule has 0 spiro atoms. The van der Waals surface area contributed by atoms with Gasteiger partial charge in [0.2, 0.25) is 5.56 Å². The van der Waals surface area contributed by atoms with Crippen LogP contribution in [0.2, 0.25) is 0 Å². The lowest BCUT2D eigenvalue weighted by molar-refractivity contribution is 0.0718. The smallest absolute Gasteiger partial charge is 0.255 e. The predicted molar refractivity (Wildman–Crippen MR) is 86.1 cm³/mol. The Balaban J connectivity index is 1.56. The number of amides is 1. The van der Waals surface area contributed by atoms with Gasteiger partial charge >= 0.3 is 0 Å². The highest BCUT2D eigenvalue weighted by atomic mass is 16.2. The lowest BCUT2D eigenvalue weighted by Crippen LogP contribution is -2.42. The fraction of sp³-hybridized carbons (Fsp3) is 0.294. The third kappa shape index (κ3) is 3.36. The van der Waals surface area contributed by atoms with Crippen molar-refractivity contribution in [2.45, 2.75) is 18.9 Å². The van der Waals surface area contributed by atoms with Crippen molar-refractivity contribution >= 4 is 11.6 Å². The second-order valence-electron chi connectivity index (χ2n) is 5.52. The van der Waals surface area contributed by atoms with Crippen molar-refractivity contribution in [3.8, 4) is 0 Å². The van der Waals surface area contributed by atoms with E-state index in [-0.39, 0.29) is 11.5 Å². The van der Waals surface area contributed by atoms with Crippen LogP contribution in [0.1, 0.15) is 23.2 Å². The van der Waals surface area contributed by atoms with E-state index in [1.165, 1.54) is 12.3 Å². The monoisotopic (exact) mass is 297 g/mol. The van der Waals surface area contributed by atoms with Gasteiger partial charge in [0.25, 0.3) is 5.91 Å². The van der Waals surface area contributed by atoms with Crippen LogP contribution in [0.25, 0.3) is 0 Å². The molecule has 2 N–H and O–H groups in total. The first kappa shape index (κ1) is 14.4. The van der Waals surface area contributed by atoms with Gasteiger partial charge in [0, 0.05) is 37.1 Å². The minimum absolute atomic E-state index is 0.0191. The van der Waals surface area contributed by atoms with Gasteiger partial charge in [-0.1, -0.05) is 18.2 Å². The fourth-order valence-corrected chi connectivity index (χ4v) is 2.72. The number of nitrogens with one attached hydrogen (secondary N) is 2. The maximum absolute atomic E-state index is 12.4. The van der Waals surface area contributed by atoms with Crippen molar-refractivity contribution in [1.29, 1.82) is 0 Å². The van der Waals surface area contributed by atoms with Gasteiger partial charge in [0.1, 0.15) is 0 Å². The molecule has 2 heterocycles. The number of aromatic nitrogens is 1. The van der Waals surface area contributed by atoms with Crippen LogP contribution in [0.15, 0.2) is 53.5 Å². The van der Waals surface area contributed by atoms with Gasteiger partial charge < -0.3 is 15.2 Å². The van der Waals surface area contributed by atoms with Gasteiger partial charge in [0.15, 0.2) is 0 Å². The number of H-pyrrole nitrogens is 1. The normalized spacial score (nSPS) is 15.5. The van der Waals surface area contributed by atoms with Crippen LogP contribution in [0, 0.1) is 0 Å². The molecular formula is C17H19N3O2. The van der Waals surface area contributed by atoms with Crippen LogP contribution in [0.3, 0.4) is 0 Å². The number of rotatable bonds is 3. The summed E-state index contributed by atoms with van der Waals surface area (Å²) in [4.78, 5) is 27.8. The van der Waals surface area contributed by atoms with E-state index in [1.807, 2.05) is 23.1 Å². The second kappa shape index (κ2) is 6.47. The molecule has 0 atom stereocenters. The van der Waals surface area contributed by atoms with Gasteiger partial charge in [0.05, 0.1) is 5.56 Å². The Hall–Kier alpha value is -2.56. The molecule has 1 amide bonds. The molecule has 0 radical (unpaired) electrons. The average Bonchev–Trinajstić information content (AvgIpc) is 2.57. The largest absolute Gasteiger partial charge is 0.382 e. The van der Waals surface area contributed by atoms with Crippen molar-refractivity contribution in [1.82, 2.24) is 9.88 Å². The standard InChI is InChI=1S/C17H19N3O2/c21-16-7-6-13(12-18-16)17(22)20-10-8-15(9-11-20)19-14-4-2-1-3-5-14/h1-7,12,15,19H,8-11H2,(H,18,21).